The molecule has 2 rings (SSSR count). The molecule has 0 fully saturated rings. The van der Waals surface area contributed by atoms with E-state index in [1.165, 1.54) is 0 Å². The fourth-order valence-electron chi connectivity index (χ4n) is 1.84. The first kappa shape index (κ1) is 12.6. The van der Waals surface area contributed by atoms with E-state index < -0.39 is 0 Å². The molecule has 0 aliphatic rings. The Morgan fingerprint density at radius 2 is 1.94 bits per heavy atom. The summed E-state index contributed by atoms with van der Waals surface area (Å²) in [6, 6.07) is 8.05. The average Bonchev–Trinajstić information content (AvgIpc) is 2.83. The van der Waals surface area contributed by atoms with Crippen LogP contribution in [0.3, 0.4) is 0 Å². The van der Waals surface area contributed by atoms with Crippen LogP contribution in [0.15, 0.2) is 30.5 Å². The zero-order chi connectivity index (χ0) is 13.1. The molecule has 0 aliphatic carbocycles. The highest BCUT2D eigenvalue weighted by Crippen LogP contribution is 2.25. The maximum atomic E-state index is 9.04. The summed E-state index contributed by atoms with van der Waals surface area (Å²) in [7, 11) is 1.62. The Morgan fingerprint density at radius 3 is 2.44 bits per heavy atom. The normalized spacial score (nSPS) is 10.9. The van der Waals surface area contributed by atoms with Crippen molar-refractivity contribution in [1.29, 1.82) is 0 Å². The van der Waals surface area contributed by atoms with Gasteiger partial charge in [0.2, 0.25) is 5.88 Å². The standard InChI is InChI=1S/C14H18N2O2/c1-10(2)16-8-13(18-3)15-14(16)12-6-4-11(9-17)5-7-12/h4-8,10,17H,9H2,1-3H3. The lowest BCUT2D eigenvalue weighted by Crippen LogP contribution is -2.01. The van der Waals surface area contributed by atoms with Crippen molar-refractivity contribution >= 4 is 0 Å². The molecule has 4 heteroatoms. The number of hydrogen-bond acceptors (Lipinski definition) is 3. The molecule has 0 saturated heterocycles. The van der Waals surface area contributed by atoms with Crippen LogP contribution in [0.1, 0.15) is 25.5 Å². The number of rotatable bonds is 4. The molecule has 1 N–H and O–H groups in total. The molecule has 0 atom stereocenters. The van der Waals surface area contributed by atoms with Gasteiger partial charge in [0.1, 0.15) is 5.82 Å². The number of aliphatic hydroxyl groups excluding tert-OH is 1. The van der Waals surface area contributed by atoms with Gasteiger partial charge >= 0.3 is 0 Å². The average molecular weight is 246 g/mol. The van der Waals surface area contributed by atoms with E-state index in [1.807, 2.05) is 30.5 Å². The third-order valence-corrected chi connectivity index (χ3v) is 2.87. The molecule has 96 valence electrons. The van der Waals surface area contributed by atoms with Gasteiger partial charge in [0.05, 0.1) is 19.9 Å². The summed E-state index contributed by atoms with van der Waals surface area (Å²) >= 11 is 0. The van der Waals surface area contributed by atoms with Crippen molar-refractivity contribution in [3.05, 3.63) is 36.0 Å². The van der Waals surface area contributed by atoms with Gasteiger partial charge in [-0.25, -0.2) is 0 Å². The van der Waals surface area contributed by atoms with Crippen LogP contribution in [-0.4, -0.2) is 21.8 Å². The highest BCUT2D eigenvalue weighted by molar-refractivity contribution is 5.57. The number of nitrogens with zero attached hydrogens (tertiary/aromatic N) is 2. The Morgan fingerprint density at radius 1 is 1.28 bits per heavy atom. The summed E-state index contributed by atoms with van der Waals surface area (Å²) in [4.78, 5) is 4.45. The number of benzene rings is 1. The predicted octanol–water partition coefficient (Wildman–Crippen LogP) is 2.63. The molecule has 4 nitrogen and oxygen atoms in total. The van der Waals surface area contributed by atoms with Crippen molar-refractivity contribution in [3.8, 4) is 17.3 Å². The molecule has 0 unspecified atom stereocenters. The smallest absolute Gasteiger partial charge is 0.231 e. The lowest BCUT2D eigenvalue weighted by Gasteiger charge is -2.11. The van der Waals surface area contributed by atoms with Gasteiger partial charge in [0, 0.05) is 11.6 Å². The Kier molecular flexibility index (Phi) is 3.67. The van der Waals surface area contributed by atoms with Gasteiger partial charge < -0.3 is 14.4 Å². The molecule has 1 heterocycles. The molecular formula is C14H18N2O2. The first-order chi connectivity index (χ1) is 8.65. The highest BCUT2D eigenvalue weighted by atomic mass is 16.5. The minimum Gasteiger partial charge on any atom is -0.480 e. The number of hydrogen-bond donors (Lipinski definition) is 1. The number of aromatic nitrogens is 2. The van der Waals surface area contributed by atoms with Gasteiger partial charge in [0.25, 0.3) is 0 Å². The van der Waals surface area contributed by atoms with E-state index in [9.17, 15) is 0 Å². The molecule has 0 spiro atoms. The zero-order valence-electron chi connectivity index (χ0n) is 10.9. The largest absolute Gasteiger partial charge is 0.480 e. The van der Waals surface area contributed by atoms with Crippen LogP contribution in [0.2, 0.25) is 0 Å². The van der Waals surface area contributed by atoms with Crippen LogP contribution in [0.4, 0.5) is 0 Å². The molecular weight excluding hydrogens is 228 g/mol. The molecule has 0 aliphatic heterocycles. The van der Waals surface area contributed by atoms with E-state index in [0.29, 0.717) is 11.9 Å². The Hall–Kier alpha value is -1.81. The fraction of sp³-hybridized carbons (Fsp3) is 0.357. The second-order valence-electron chi connectivity index (χ2n) is 4.46. The molecule has 0 radical (unpaired) electrons. The summed E-state index contributed by atoms with van der Waals surface area (Å²) in [5.41, 5.74) is 1.91. The van der Waals surface area contributed by atoms with Crippen LogP contribution in [0.25, 0.3) is 11.4 Å². The molecule has 0 amide bonds. The summed E-state index contributed by atoms with van der Waals surface area (Å²) in [6.07, 6.45) is 1.90. The minimum atomic E-state index is 0.0578. The minimum absolute atomic E-state index is 0.0578. The van der Waals surface area contributed by atoms with Gasteiger partial charge in [-0.05, 0) is 19.4 Å². The van der Waals surface area contributed by atoms with E-state index >= 15 is 0 Å². The SMILES string of the molecule is COc1cn(C(C)C)c(-c2ccc(CO)cc2)n1. The van der Waals surface area contributed by atoms with Crippen LogP contribution in [0.5, 0.6) is 5.88 Å². The van der Waals surface area contributed by atoms with E-state index in [2.05, 4.69) is 23.4 Å². The lowest BCUT2D eigenvalue weighted by molar-refractivity contribution is 0.282. The molecule has 0 saturated carbocycles. The number of ether oxygens (including phenoxy) is 1. The van der Waals surface area contributed by atoms with Gasteiger partial charge in [-0.2, -0.15) is 4.98 Å². The van der Waals surface area contributed by atoms with Gasteiger partial charge in [-0.15, -0.1) is 0 Å². The predicted molar refractivity (Wildman–Crippen MR) is 70.5 cm³/mol. The monoisotopic (exact) mass is 246 g/mol. The molecule has 18 heavy (non-hydrogen) atoms. The van der Waals surface area contributed by atoms with Crippen molar-refractivity contribution in [1.82, 2.24) is 9.55 Å². The topological polar surface area (TPSA) is 47.3 Å². The lowest BCUT2D eigenvalue weighted by atomic mass is 10.1. The first-order valence-corrected chi connectivity index (χ1v) is 5.98. The third-order valence-electron chi connectivity index (χ3n) is 2.87. The van der Waals surface area contributed by atoms with Gasteiger partial charge in [-0.1, -0.05) is 24.3 Å². The van der Waals surface area contributed by atoms with Crippen molar-refractivity contribution < 1.29 is 9.84 Å². The number of methoxy groups -OCH3 is 1. The number of aliphatic hydroxyl groups is 1. The Balaban J connectivity index is 2.44. The van der Waals surface area contributed by atoms with Gasteiger partial charge in [0.15, 0.2) is 0 Å². The van der Waals surface area contributed by atoms with E-state index in [0.717, 1.165) is 17.0 Å². The van der Waals surface area contributed by atoms with Gasteiger partial charge in [-0.3, -0.25) is 0 Å². The van der Waals surface area contributed by atoms with Crippen LogP contribution in [-0.2, 0) is 6.61 Å². The van der Waals surface area contributed by atoms with E-state index in [4.69, 9.17) is 9.84 Å². The van der Waals surface area contributed by atoms with E-state index in [-0.39, 0.29) is 6.61 Å². The van der Waals surface area contributed by atoms with Crippen molar-refractivity contribution in [2.75, 3.05) is 7.11 Å². The van der Waals surface area contributed by atoms with Crippen molar-refractivity contribution in [2.24, 2.45) is 0 Å². The summed E-state index contributed by atoms with van der Waals surface area (Å²) in [5, 5.41) is 9.04. The quantitative estimate of drug-likeness (QED) is 0.902. The van der Waals surface area contributed by atoms with Crippen LogP contribution >= 0.6 is 0 Å². The highest BCUT2D eigenvalue weighted by Gasteiger charge is 2.12. The summed E-state index contributed by atoms with van der Waals surface area (Å²) in [5.74, 6) is 1.50. The molecule has 1 aromatic carbocycles. The second kappa shape index (κ2) is 5.23. The Labute approximate surface area is 107 Å². The molecule has 2 aromatic rings. The van der Waals surface area contributed by atoms with E-state index in [1.54, 1.807) is 7.11 Å². The summed E-state index contributed by atoms with van der Waals surface area (Å²) in [6.45, 7) is 4.27. The fourth-order valence-corrected chi connectivity index (χ4v) is 1.84. The maximum absolute atomic E-state index is 9.04. The van der Waals surface area contributed by atoms with Crippen LogP contribution < -0.4 is 4.74 Å². The maximum Gasteiger partial charge on any atom is 0.231 e. The van der Waals surface area contributed by atoms with Crippen molar-refractivity contribution in [3.63, 3.8) is 0 Å². The molecule has 1 aromatic heterocycles. The second-order valence-corrected chi connectivity index (χ2v) is 4.46. The summed E-state index contributed by atoms with van der Waals surface area (Å²) < 4.78 is 7.26. The molecule has 0 bridgehead atoms. The Bertz CT molecular complexity index is 515. The third kappa shape index (κ3) is 2.38. The zero-order valence-corrected chi connectivity index (χ0v) is 10.9. The van der Waals surface area contributed by atoms with Crippen LogP contribution in [0, 0.1) is 0 Å². The van der Waals surface area contributed by atoms with Crippen molar-refractivity contribution in [2.45, 2.75) is 26.5 Å². The number of imidazole rings is 1. The first-order valence-electron chi connectivity index (χ1n) is 5.98.